The molecule has 100 valence electrons. The highest BCUT2D eigenvalue weighted by atomic mass is 15.1. The number of nitrogens with zero attached hydrogens (tertiary/aromatic N) is 1. The summed E-state index contributed by atoms with van der Waals surface area (Å²) in [5.74, 6) is 0. The van der Waals surface area contributed by atoms with Gasteiger partial charge in [-0.25, -0.2) is 0 Å². The molecule has 0 radical (unpaired) electrons. The van der Waals surface area contributed by atoms with Gasteiger partial charge in [0.2, 0.25) is 0 Å². The molecule has 1 nitrogen and oxygen atoms in total. The van der Waals surface area contributed by atoms with Gasteiger partial charge in [0.15, 0.2) is 0 Å². The van der Waals surface area contributed by atoms with Gasteiger partial charge < -0.3 is 4.90 Å². The lowest BCUT2D eigenvalue weighted by Crippen LogP contribution is -2.12. The van der Waals surface area contributed by atoms with E-state index < -0.39 is 0 Å². The van der Waals surface area contributed by atoms with Gasteiger partial charge in [-0.1, -0.05) is 36.8 Å². The molecule has 0 atom stereocenters. The first-order chi connectivity index (χ1) is 9.02. The monoisotopic (exact) mass is 253 g/mol. The van der Waals surface area contributed by atoms with Crippen molar-refractivity contribution in [2.45, 2.75) is 34.1 Å². The molecule has 0 unspecified atom stereocenters. The summed E-state index contributed by atoms with van der Waals surface area (Å²) < 4.78 is 0. The Morgan fingerprint density at radius 2 is 1.42 bits per heavy atom. The normalized spacial score (nSPS) is 10.6. The summed E-state index contributed by atoms with van der Waals surface area (Å²) in [4.78, 5) is 2.28. The van der Waals surface area contributed by atoms with Crippen LogP contribution in [0.25, 0.3) is 0 Å². The zero-order valence-electron chi connectivity index (χ0n) is 12.6. The topological polar surface area (TPSA) is 3.24 Å². The maximum absolute atomic E-state index is 2.28. The van der Waals surface area contributed by atoms with E-state index in [1.54, 1.807) is 0 Å². The molecule has 0 bridgehead atoms. The Bertz CT molecular complexity index is 544. The minimum atomic E-state index is 1.09. The highest BCUT2D eigenvalue weighted by Gasteiger charge is 2.10. The molecule has 2 aromatic carbocycles. The standard InChI is InChI=1S/C18H23N/c1-6-16-7-9-17(10-8-16)19(5)18-14(3)11-13(2)12-15(18)4/h7-12H,6H2,1-5H3. The van der Waals surface area contributed by atoms with Gasteiger partial charge in [-0.2, -0.15) is 0 Å². The van der Waals surface area contributed by atoms with Crippen molar-refractivity contribution in [1.82, 2.24) is 0 Å². The van der Waals surface area contributed by atoms with Crippen molar-refractivity contribution in [1.29, 1.82) is 0 Å². The predicted molar refractivity (Wildman–Crippen MR) is 84.5 cm³/mol. The lowest BCUT2D eigenvalue weighted by atomic mass is 10.0. The molecule has 0 spiro atoms. The molecule has 0 aliphatic heterocycles. The molecule has 19 heavy (non-hydrogen) atoms. The zero-order valence-corrected chi connectivity index (χ0v) is 12.6. The van der Waals surface area contributed by atoms with Crippen LogP contribution in [0.15, 0.2) is 36.4 Å². The smallest absolute Gasteiger partial charge is 0.0467 e. The van der Waals surface area contributed by atoms with Crippen molar-refractivity contribution >= 4 is 11.4 Å². The van der Waals surface area contributed by atoms with Crippen molar-refractivity contribution in [2.75, 3.05) is 11.9 Å². The third-order valence-corrected chi connectivity index (χ3v) is 3.70. The molecule has 2 rings (SSSR count). The van der Waals surface area contributed by atoms with Crippen molar-refractivity contribution in [2.24, 2.45) is 0 Å². The largest absolute Gasteiger partial charge is 0.344 e. The highest BCUT2D eigenvalue weighted by molar-refractivity contribution is 5.69. The lowest BCUT2D eigenvalue weighted by Gasteiger charge is -2.24. The number of benzene rings is 2. The van der Waals surface area contributed by atoms with Gasteiger partial charge in [0, 0.05) is 18.4 Å². The van der Waals surface area contributed by atoms with Crippen LogP contribution in [0.2, 0.25) is 0 Å². The van der Waals surface area contributed by atoms with E-state index in [0.29, 0.717) is 0 Å². The fourth-order valence-corrected chi connectivity index (χ4v) is 2.79. The Kier molecular flexibility index (Phi) is 3.94. The quantitative estimate of drug-likeness (QED) is 0.748. The van der Waals surface area contributed by atoms with E-state index in [9.17, 15) is 0 Å². The highest BCUT2D eigenvalue weighted by Crippen LogP contribution is 2.31. The second kappa shape index (κ2) is 5.48. The molecule has 0 saturated carbocycles. The molecule has 0 fully saturated rings. The van der Waals surface area contributed by atoms with E-state index in [1.807, 2.05) is 0 Å². The van der Waals surface area contributed by atoms with Gasteiger partial charge >= 0.3 is 0 Å². The average Bonchev–Trinajstić information content (AvgIpc) is 2.37. The Hall–Kier alpha value is -1.76. The van der Waals surface area contributed by atoms with Crippen LogP contribution in [-0.4, -0.2) is 7.05 Å². The Balaban J connectivity index is 2.40. The van der Waals surface area contributed by atoms with Gasteiger partial charge in [-0.3, -0.25) is 0 Å². The van der Waals surface area contributed by atoms with E-state index in [1.165, 1.54) is 33.6 Å². The molecule has 0 saturated heterocycles. The third-order valence-electron chi connectivity index (χ3n) is 3.70. The number of anilines is 2. The number of aryl methyl sites for hydroxylation is 4. The number of hydrogen-bond acceptors (Lipinski definition) is 1. The van der Waals surface area contributed by atoms with Crippen LogP contribution in [0, 0.1) is 20.8 Å². The van der Waals surface area contributed by atoms with E-state index in [0.717, 1.165) is 6.42 Å². The number of rotatable bonds is 3. The van der Waals surface area contributed by atoms with Crippen molar-refractivity contribution in [3.63, 3.8) is 0 Å². The van der Waals surface area contributed by atoms with Crippen LogP contribution < -0.4 is 4.90 Å². The fraction of sp³-hybridized carbons (Fsp3) is 0.333. The van der Waals surface area contributed by atoms with Gasteiger partial charge in [0.25, 0.3) is 0 Å². The molecule has 0 N–H and O–H groups in total. The summed E-state index contributed by atoms with van der Waals surface area (Å²) in [5.41, 5.74) is 7.93. The van der Waals surface area contributed by atoms with Gasteiger partial charge in [0.05, 0.1) is 0 Å². The molecule has 2 aromatic rings. The molecular weight excluding hydrogens is 230 g/mol. The molecule has 0 aromatic heterocycles. The Labute approximate surface area is 116 Å². The molecule has 0 aliphatic rings. The molecule has 0 heterocycles. The first kappa shape index (κ1) is 13.7. The van der Waals surface area contributed by atoms with Crippen LogP contribution in [0.3, 0.4) is 0 Å². The lowest BCUT2D eigenvalue weighted by molar-refractivity contribution is 1.12. The fourth-order valence-electron chi connectivity index (χ4n) is 2.79. The summed E-state index contributed by atoms with van der Waals surface area (Å²) in [6, 6.07) is 13.3. The van der Waals surface area contributed by atoms with Crippen LogP contribution in [0.5, 0.6) is 0 Å². The Morgan fingerprint density at radius 3 is 1.89 bits per heavy atom. The zero-order chi connectivity index (χ0) is 14.0. The minimum Gasteiger partial charge on any atom is -0.344 e. The molecular formula is C18H23N. The second-order valence-electron chi connectivity index (χ2n) is 5.33. The number of hydrogen-bond donors (Lipinski definition) is 0. The Morgan fingerprint density at radius 1 is 0.895 bits per heavy atom. The van der Waals surface area contributed by atoms with Gasteiger partial charge in [-0.15, -0.1) is 0 Å². The summed E-state index contributed by atoms with van der Waals surface area (Å²) in [6.45, 7) is 8.71. The van der Waals surface area contributed by atoms with E-state index in [-0.39, 0.29) is 0 Å². The van der Waals surface area contributed by atoms with Crippen molar-refractivity contribution in [3.05, 3.63) is 58.7 Å². The molecule has 0 aliphatic carbocycles. The maximum atomic E-state index is 2.28. The maximum Gasteiger partial charge on any atom is 0.0467 e. The SMILES string of the molecule is CCc1ccc(N(C)c2c(C)cc(C)cc2C)cc1. The van der Waals surface area contributed by atoms with E-state index in [4.69, 9.17) is 0 Å². The summed E-state index contributed by atoms with van der Waals surface area (Å²) >= 11 is 0. The van der Waals surface area contributed by atoms with E-state index in [2.05, 4.69) is 76.0 Å². The first-order valence-electron chi connectivity index (χ1n) is 6.93. The molecule has 0 amide bonds. The third kappa shape index (κ3) is 2.81. The minimum absolute atomic E-state index is 1.09. The van der Waals surface area contributed by atoms with Gasteiger partial charge in [0.1, 0.15) is 0 Å². The van der Waals surface area contributed by atoms with Crippen LogP contribution >= 0.6 is 0 Å². The van der Waals surface area contributed by atoms with Crippen molar-refractivity contribution < 1.29 is 0 Å². The first-order valence-corrected chi connectivity index (χ1v) is 6.93. The van der Waals surface area contributed by atoms with E-state index >= 15 is 0 Å². The summed E-state index contributed by atoms with van der Waals surface area (Å²) in [7, 11) is 2.14. The van der Waals surface area contributed by atoms with Crippen molar-refractivity contribution in [3.8, 4) is 0 Å². The summed E-state index contributed by atoms with van der Waals surface area (Å²) in [6.07, 6.45) is 1.09. The van der Waals surface area contributed by atoms with Crippen LogP contribution in [-0.2, 0) is 6.42 Å². The summed E-state index contributed by atoms with van der Waals surface area (Å²) in [5, 5.41) is 0. The van der Waals surface area contributed by atoms with Gasteiger partial charge in [-0.05, 0) is 56.0 Å². The molecule has 1 heteroatoms. The van der Waals surface area contributed by atoms with Crippen LogP contribution in [0.4, 0.5) is 11.4 Å². The second-order valence-corrected chi connectivity index (χ2v) is 5.33. The van der Waals surface area contributed by atoms with Crippen LogP contribution in [0.1, 0.15) is 29.2 Å². The predicted octanol–water partition coefficient (Wildman–Crippen LogP) is 4.94. The average molecular weight is 253 g/mol.